The molecule has 0 aliphatic rings. The van der Waals surface area contributed by atoms with Crippen molar-refractivity contribution in [3.05, 3.63) is 46.6 Å². The van der Waals surface area contributed by atoms with Crippen molar-refractivity contribution in [2.75, 3.05) is 5.32 Å². The van der Waals surface area contributed by atoms with E-state index in [0.29, 0.717) is 16.4 Å². The molecule has 0 spiro atoms. The van der Waals surface area contributed by atoms with Crippen LogP contribution in [0.1, 0.15) is 11.1 Å². The normalized spacial score (nSPS) is 10.1. The Morgan fingerprint density at radius 2 is 2.17 bits per heavy atom. The highest BCUT2D eigenvalue weighted by atomic mass is 35.5. The first kappa shape index (κ1) is 12.7. The summed E-state index contributed by atoms with van der Waals surface area (Å²) in [5.41, 5.74) is 8.06. The van der Waals surface area contributed by atoms with E-state index in [0.717, 1.165) is 11.3 Å². The van der Waals surface area contributed by atoms with Crippen LogP contribution in [0.4, 0.5) is 11.5 Å². The second-order valence-corrected chi connectivity index (χ2v) is 4.54. The van der Waals surface area contributed by atoms with E-state index in [4.69, 9.17) is 29.6 Å². The average Bonchev–Trinajstić information content (AvgIpc) is 2.35. The first-order valence-corrected chi connectivity index (χ1v) is 6.02. The summed E-state index contributed by atoms with van der Waals surface area (Å²) < 4.78 is 0. The van der Waals surface area contributed by atoms with Crippen molar-refractivity contribution in [3.8, 4) is 0 Å². The third kappa shape index (κ3) is 2.57. The molecule has 4 nitrogen and oxygen atoms in total. The summed E-state index contributed by atoms with van der Waals surface area (Å²) in [5.74, 6) is 0.523. The third-order valence-electron chi connectivity index (χ3n) is 2.51. The molecule has 0 bridgehead atoms. The SMILES string of the molecule is Cc1c(Cl)cccc1Nc1nnccc1C(N)=S. The summed E-state index contributed by atoms with van der Waals surface area (Å²) in [4.78, 5) is 0.270. The molecule has 0 saturated carbocycles. The molecule has 0 fully saturated rings. The zero-order chi connectivity index (χ0) is 13.1. The third-order valence-corrected chi connectivity index (χ3v) is 3.14. The van der Waals surface area contributed by atoms with Gasteiger partial charge in [-0.15, -0.1) is 5.10 Å². The van der Waals surface area contributed by atoms with Crippen molar-refractivity contribution in [2.45, 2.75) is 6.92 Å². The van der Waals surface area contributed by atoms with Gasteiger partial charge in [0.2, 0.25) is 0 Å². The lowest BCUT2D eigenvalue weighted by Crippen LogP contribution is -2.13. The summed E-state index contributed by atoms with van der Waals surface area (Å²) in [6.07, 6.45) is 1.55. The Bertz CT molecular complexity index is 600. The maximum absolute atomic E-state index is 6.06. The van der Waals surface area contributed by atoms with E-state index in [2.05, 4.69) is 15.5 Å². The van der Waals surface area contributed by atoms with E-state index in [1.807, 2.05) is 25.1 Å². The summed E-state index contributed by atoms with van der Waals surface area (Å²) in [5, 5.41) is 11.6. The van der Waals surface area contributed by atoms with E-state index in [-0.39, 0.29) is 4.99 Å². The minimum atomic E-state index is 0.270. The van der Waals surface area contributed by atoms with Crippen LogP contribution in [-0.2, 0) is 0 Å². The molecule has 0 atom stereocenters. The lowest BCUT2D eigenvalue weighted by atomic mass is 10.2. The van der Waals surface area contributed by atoms with Gasteiger partial charge in [-0.05, 0) is 30.7 Å². The number of thiocarbonyl (C=S) groups is 1. The predicted octanol–water partition coefficient (Wildman–Crippen LogP) is 2.82. The van der Waals surface area contributed by atoms with Crippen LogP contribution in [0.15, 0.2) is 30.5 Å². The van der Waals surface area contributed by atoms with Gasteiger partial charge in [0.15, 0.2) is 5.82 Å². The molecule has 6 heteroatoms. The number of nitrogens with zero attached hydrogens (tertiary/aromatic N) is 2. The highest BCUT2D eigenvalue weighted by Gasteiger charge is 2.09. The molecule has 2 rings (SSSR count). The quantitative estimate of drug-likeness (QED) is 0.845. The average molecular weight is 279 g/mol. The summed E-state index contributed by atoms with van der Waals surface area (Å²) in [6, 6.07) is 7.30. The highest BCUT2D eigenvalue weighted by molar-refractivity contribution is 7.80. The second kappa shape index (κ2) is 5.29. The Morgan fingerprint density at radius 3 is 2.89 bits per heavy atom. The van der Waals surface area contributed by atoms with Crippen LogP contribution in [0.3, 0.4) is 0 Å². The Hall–Kier alpha value is -1.72. The van der Waals surface area contributed by atoms with Gasteiger partial charge >= 0.3 is 0 Å². The number of rotatable bonds is 3. The van der Waals surface area contributed by atoms with Crippen LogP contribution in [0.2, 0.25) is 5.02 Å². The molecule has 0 unspecified atom stereocenters. The van der Waals surface area contributed by atoms with Gasteiger partial charge in [-0.3, -0.25) is 0 Å². The molecule has 3 N–H and O–H groups in total. The number of hydrogen-bond donors (Lipinski definition) is 2. The Kier molecular flexibility index (Phi) is 3.74. The predicted molar refractivity (Wildman–Crippen MR) is 77.4 cm³/mol. The minimum Gasteiger partial charge on any atom is -0.389 e. The summed E-state index contributed by atoms with van der Waals surface area (Å²) in [7, 11) is 0. The maximum Gasteiger partial charge on any atom is 0.163 e. The number of benzene rings is 1. The number of hydrogen-bond acceptors (Lipinski definition) is 4. The summed E-state index contributed by atoms with van der Waals surface area (Å²) in [6.45, 7) is 1.92. The van der Waals surface area contributed by atoms with Crippen LogP contribution >= 0.6 is 23.8 Å². The molecular weight excluding hydrogens is 268 g/mol. The first-order valence-electron chi connectivity index (χ1n) is 5.23. The molecule has 0 aliphatic carbocycles. The first-order chi connectivity index (χ1) is 8.59. The number of nitrogens with one attached hydrogen (secondary N) is 1. The van der Waals surface area contributed by atoms with Crippen LogP contribution in [0.5, 0.6) is 0 Å². The lowest BCUT2D eigenvalue weighted by molar-refractivity contribution is 1.03. The van der Waals surface area contributed by atoms with Crippen molar-refractivity contribution in [1.82, 2.24) is 10.2 Å². The molecule has 0 aliphatic heterocycles. The zero-order valence-electron chi connectivity index (χ0n) is 9.64. The van der Waals surface area contributed by atoms with Gasteiger partial charge < -0.3 is 11.1 Å². The van der Waals surface area contributed by atoms with Gasteiger partial charge in [0.05, 0.1) is 11.8 Å². The molecule has 92 valence electrons. The maximum atomic E-state index is 6.06. The second-order valence-electron chi connectivity index (χ2n) is 3.70. The fourth-order valence-electron chi connectivity index (χ4n) is 1.49. The smallest absolute Gasteiger partial charge is 0.163 e. The van der Waals surface area contributed by atoms with E-state index in [1.165, 1.54) is 0 Å². The topological polar surface area (TPSA) is 63.8 Å². The fraction of sp³-hybridized carbons (Fsp3) is 0.0833. The van der Waals surface area contributed by atoms with Gasteiger partial charge in [-0.25, -0.2) is 0 Å². The van der Waals surface area contributed by atoms with Crippen molar-refractivity contribution in [2.24, 2.45) is 5.73 Å². The van der Waals surface area contributed by atoms with Gasteiger partial charge in [0, 0.05) is 10.7 Å². The highest BCUT2D eigenvalue weighted by Crippen LogP contribution is 2.26. The zero-order valence-corrected chi connectivity index (χ0v) is 11.2. The molecular formula is C12H11ClN4S. The molecule has 1 aromatic carbocycles. The molecule has 2 aromatic rings. The number of aromatic nitrogens is 2. The van der Waals surface area contributed by atoms with Crippen LogP contribution in [-0.4, -0.2) is 15.2 Å². The van der Waals surface area contributed by atoms with Gasteiger partial charge in [0.1, 0.15) is 4.99 Å². The molecule has 0 amide bonds. The Balaban J connectivity index is 2.40. The molecule has 1 heterocycles. The summed E-state index contributed by atoms with van der Waals surface area (Å²) >= 11 is 11.0. The minimum absolute atomic E-state index is 0.270. The van der Waals surface area contributed by atoms with E-state index in [9.17, 15) is 0 Å². The fourth-order valence-corrected chi connectivity index (χ4v) is 1.83. The van der Waals surface area contributed by atoms with E-state index >= 15 is 0 Å². The van der Waals surface area contributed by atoms with Gasteiger partial charge in [0.25, 0.3) is 0 Å². The number of anilines is 2. The van der Waals surface area contributed by atoms with Crippen LogP contribution < -0.4 is 11.1 Å². The number of nitrogens with two attached hydrogens (primary N) is 1. The van der Waals surface area contributed by atoms with Crippen molar-refractivity contribution < 1.29 is 0 Å². The number of halogens is 1. The van der Waals surface area contributed by atoms with Crippen LogP contribution in [0, 0.1) is 6.92 Å². The Morgan fingerprint density at radius 1 is 1.39 bits per heavy atom. The van der Waals surface area contributed by atoms with E-state index in [1.54, 1.807) is 12.3 Å². The molecule has 1 aromatic heterocycles. The molecule has 18 heavy (non-hydrogen) atoms. The monoisotopic (exact) mass is 278 g/mol. The van der Waals surface area contributed by atoms with Crippen LogP contribution in [0.25, 0.3) is 0 Å². The van der Waals surface area contributed by atoms with Crippen molar-refractivity contribution in [1.29, 1.82) is 0 Å². The molecule has 0 saturated heterocycles. The van der Waals surface area contributed by atoms with Gasteiger partial charge in [-0.1, -0.05) is 29.9 Å². The largest absolute Gasteiger partial charge is 0.389 e. The van der Waals surface area contributed by atoms with Gasteiger partial charge in [-0.2, -0.15) is 5.10 Å². The standard InChI is InChI=1S/C12H11ClN4S/c1-7-9(13)3-2-4-10(7)16-12-8(11(14)18)5-6-15-17-12/h2-6H,1H3,(H2,14,18)(H,16,17). The Labute approximate surface area is 115 Å². The molecule has 0 radical (unpaired) electrons. The van der Waals surface area contributed by atoms with Crippen molar-refractivity contribution in [3.63, 3.8) is 0 Å². The van der Waals surface area contributed by atoms with E-state index < -0.39 is 0 Å². The van der Waals surface area contributed by atoms with Crippen molar-refractivity contribution >= 4 is 40.3 Å². The lowest BCUT2D eigenvalue weighted by Gasteiger charge is -2.11.